The van der Waals surface area contributed by atoms with Crippen molar-refractivity contribution in [2.75, 3.05) is 26.2 Å². The van der Waals surface area contributed by atoms with E-state index in [2.05, 4.69) is 40.1 Å². The Morgan fingerprint density at radius 1 is 1.00 bits per heavy atom. The van der Waals surface area contributed by atoms with E-state index in [1.807, 2.05) is 0 Å². The second kappa shape index (κ2) is 5.39. The molecule has 3 heteroatoms. The summed E-state index contributed by atoms with van der Waals surface area (Å²) in [5, 5.41) is 0. The Kier molecular flexibility index (Phi) is 3.64. The molecule has 1 aromatic rings. The average molecular weight is 245 g/mol. The Labute approximate surface area is 110 Å². The van der Waals surface area contributed by atoms with Gasteiger partial charge < -0.3 is 5.73 Å². The fourth-order valence-corrected chi connectivity index (χ4v) is 3.06. The number of benzene rings is 1. The summed E-state index contributed by atoms with van der Waals surface area (Å²) in [5.41, 5.74) is 7.30. The van der Waals surface area contributed by atoms with E-state index in [-0.39, 0.29) is 0 Å². The van der Waals surface area contributed by atoms with Crippen molar-refractivity contribution in [3.8, 4) is 0 Å². The molecule has 1 aliphatic carbocycles. The van der Waals surface area contributed by atoms with Crippen molar-refractivity contribution in [3.05, 3.63) is 35.9 Å². The zero-order valence-electron chi connectivity index (χ0n) is 11.0. The van der Waals surface area contributed by atoms with Crippen LogP contribution in [0, 0.1) is 0 Å². The van der Waals surface area contributed by atoms with Gasteiger partial charge in [0.2, 0.25) is 0 Å². The van der Waals surface area contributed by atoms with Crippen molar-refractivity contribution in [1.82, 2.24) is 9.80 Å². The smallest absolute Gasteiger partial charge is 0.0234 e. The summed E-state index contributed by atoms with van der Waals surface area (Å²) in [7, 11) is 0. The Balaban J connectivity index is 1.45. The van der Waals surface area contributed by atoms with Crippen LogP contribution in [0.15, 0.2) is 30.3 Å². The highest BCUT2D eigenvalue weighted by Crippen LogP contribution is 2.25. The molecular weight excluding hydrogens is 222 g/mol. The number of nitrogens with two attached hydrogens (primary N) is 1. The van der Waals surface area contributed by atoms with Crippen LogP contribution >= 0.6 is 0 Å². The molecule has 0 unspecified atom stereocenters. The molecule has 98 valence electrons. The van der Waals surface area contributed by atoms with Crippen molar-refractivity contribution in [1.29, 1.82) is 0 Å². The molecule has 1 saturated heterocycles. The second-order valence-corrected chi connectivity index (χ2v) is 5.68. The van der Waals surface area contributed by atoms with E-state index in [0.717, 1.165) is 12.6 Å². The first-order valence-electron chi connectivity index (χ1n) is 7.07. The van der Waals surface area contributed by atoms with E-state index < -0.39 is 0 Å². The number of rotatable bonds is 3. The summed E-state index contributed by atoms with van der Waals surface area (Å²) in [6.07, 6.45) is 2.41. The van der Waals surface area contributed by atoms with Crippen LogP contribution in [0.2, 0.25) is 0 Å². The highest BCUT2D eigenvalue weighted by Gasteiger charge is 2.32. The van der Waals surface area contributed by atoms with Crippen molar-refractivity contribution in [2.24, 2.45) is 5.73 Å². The van der Waals surface area contributed by atoms with Crippen LogP contribution in [0.5, 0.6) is 0 Å². The fourth-order valence-electron chi connectivity index (χ4n) is 3.06. The van der Waals surface area contributed by atoms with Crippen LogP contribution in [0.1, 0.15) is 18.4 Å². The van der Waals surface area contributed by atoms with E-state index in [0.29, 0.717) is 6.04 Å². The Morgan fingerprint density at radius 3 is 2.28 bits per heavy atom. The topological polar surface area (TPSA) is 32.5 Å². The van der Waals surface area contributed by atoms with E-state index in [9.17, 15) is 0 Å². The third-order valence-electron chi connectivity index (χ3n) is 4.32. The Bertz CT molecular complexity index is 365. The van der Waals surface area contributed by atoms with Gasteiger partial charge in [-0.25, -0.2) is 0 Å². The van der Waals surface area contributed by atoms with Gasteiger partial charge >= 0.3 is 0 Å². The zero-order chi connectivity index (χ0) is 12.4. The highest BCUT2D eigenvalue weighted by molar-refractivity contribution is 5.14. The third kappa shape index (κ3) is 2.74. The molecule has 2 aliphatic rings. The lowest BCUT2D eigenvalue weighted by Crippen LogP contribution is -2.56. The summed E-state index contributed by atoms with van der Waals surface area (Å²) >= 11 is 0. The van der Waals surface area contributed by atoms with Crippen LogP contribution in [-0.4, -0.2) is 48.1 Å². The van der Waals surface area contributed by atoms with E-state index in [1.54, 1.807) is 0 Å². The van der Waals surface area contributed by atoms with Gasteiger partial charge in [0.25, 0.3) is 0 Å². The SMILES string of the molecule is NC1CC(N2CCN(Cc3ccccc3)CC2)C1. The number of piperazine rings is 1. The molecule has 0 radical (unpaired) electrons. The molecule has 1 heterocycles. The molecule has 1 aliphatic heterocycles. The molecule has 18 heavy (non-hydrogen) atoms. The van der Waals surface area contributed by atoms with Crippen molar-refractivity contribution >= 4 is 0 Å². The van der Waals surface area contributed by atoms with E-state index >= 15 is 0 Å². The third-order valence-corrected chi connectivity index (χ3v) is 4.32. The molecule has 0 aromatic heterocycles. The number of nitrogens with zero attached hydrogens (tertiary/aromatic N) is 2. The molecular formula is C15H23N3. The summed E-state index contributed by atoms with van der Waals surface area (Å²) in [5.74, 6) is 0. The quantitative estimate of drug-likeness (QED) is 0.871. The summed E-state index contributed by atoms with van der Waals surface area (Å²) < 4.78 is 0. The molecule has 3 rings (SSSR count). The largest absolute Gasteiger partial charge is 0.328 e. The van der Waals surface area contributed by atoms with Crippen molar-refractivity contribution in [3.63, 3.8) is 0 Å². The molecule has 0 spiro atoms. The van der Waals surface area contributed by atoms with Gasteiger partial charge in [-0.05, 0) is 18.4 Å². The standard InChI is InChI=1S/C15H23N3/c16-14-10-15(11-14)18-8-6-17(7-9-18)12-13-4-2-1-3-5-13/h1-5,14-15H,6-12,16H2. The minimum absolute atomic E-state index is 0.470. The minimum atomic E-state index is 0.470. The predicted molar refractivity (Wildman–Crippen MR) is 74.3 cm³/mol. The normalized spacial score (nSPS) is 30.1. The first-order valence-corrected chi connectivity index (χ1v) is 7.07. The zero-order valence-corrected chi connectivity index (χ0v) is 11.0. The van der Waals surface area contributed by atoms with Gasteiger partial charge in [-0.15, -0.1) is 0 Å². The summed E-state index contributed by atoms with van der Waals surface area (Å²) in [4.78, 5) is 5.19. The summed E-state index contributed by atoms with van der Waals surface area (Å²) in [6, 6.07) is 12.0. The van der Waals surface area contributed by atoms with Crippen LogP contribution in [0.4, 0.5) is 0 Å². The van der Waals surface area contributed by atoms with E-state index in [4.69, 9.17) is 5.73 Å². The first kappa shape index (κ1) is 12.2. The van der Waals surface area contributed by atoms with Crippen LogP contribution in [-0.2, 0) is 6.54 Å². The number of hydrogen-bond donors (Lipinski definition) is 1. The van der Waals surface area contributed by atoms with E-state index in [1.165, 1.54) is 44.6 Å². The molecule has 3 nitrogen and oxygen atoms in total. The van der Waals surface area contributed by atoms with Gasteiger partial charge in [0.15, 0.2) is 0 Å². The molecule has 0 bridgehead atoms. The van der Waals surface area contributed by atoms with Crippen LogP contribution < -0.4 is 5.73 Å². The molecule has 2 fully saturated rings. The van der Waals surface area contributed by atoms with Gasteiger partial charge in [0.1, 0.15) is 0 Å². The number of hydrogen-bond acceptors (Lipinski definition) is 3. The fraction of sp³-hybridized carbons (Fsp3) is 0.600. The monoisotopic (exact) mass is 245 g/mol. The van der Waals surface area contributed by atoms with Gasteiger partial charge in [0.05, 0.1) is 0 Å². The van der Waals surface area contributed by atoms with Crippen LogP contribution in [0.25, 0.3) is 0 Å². The lowest BCUT2D eigenvalue weighted by atomic mass is 9.86. The molecule has 1 saturated carbocycles. The van der Waals surface area contributed by atoms with Gasteiger partial charge in [-0.2, -0.15) is 0 Å². The minimum Gasteiger partial charge on any atom is -0.328 e. The van der Waals surface area contributed by atoms with Crippen molar-refractivity contribution < 1.29 is 0 Å². The maximum absolute atomic E-state index is 5.87. The van der Waals surface area contributed by atoms with Gasteiger partial charge in [-0.1, -0.05) is 30.3 Å². The Hall–Kier alpha value is -0.900. The average Bonchev–Trinajstić information content (AvgIpc) is 2.38. The summed E-state index contributed by atoms with van der Waals surface area (Å²) in [6.45, 7) is 5.91. The van der Waals surface area contributed by atoms with Gasteiger partial charge in [-0.3, -0.25) is 9.80 Å². The lowest BCUT2D eigenvalue weighted by molar-refractivity contribution is 0.0500. The maximum atomic E-state index is 5.87. The molecule has 2 N–H and O–H groups in total. The highest BCUT2D eigenvalue weighted by atomic mass is 15.3. The lowest BCUT2D eigenvalue weighted by Gasteiger charge is -2.45. The molecule has 0 amide bonds. The van der Waals surface area contributed by atoms with Gasteiger partial charge in [0, 0.05) is 44.8 Å². The van der Waals surface area contributed by atoms with Crippen molar-refractivity contribution in [2.45, 2.75) is 31.5 Å². The predicted octanol–water partition coefficient (Wildman–Crippen LogP) is 1.29. The Morgan fingerprint density at radius 2 is 1.67 bits per heavy atom. The molecule has 1 aromatic carbocycles. The first-order chi connectivity index (χ1) is 8.81. The second-order valence-electron chi connectivity index (χ2n) is 5.68. The van der Waals surface area contributed by atoms with Crippen LogP contribution in [0.3, 0.4) is 0 Å². The maximum Gasteiger partial charge on any atom is 0.0234 e. The molecule has 0 atom stereocenters.